The highest BCUT2D eigenvalue weighted by Gasteiger charge is 2.09. The minimum absolute atomic E-state index is 0.161. The molecule has 0 N–H and O–H groups in total. The second-order valence-electron chi connectivity index (χ2n) is 3.15. The van der Waals surface area contributed by atoms with E-state index in [2.05, 4.69) is 4.98 Å². The Morgan fingerprint density at radius 1 is 1.29 bits per heavy atom. The van der Waals surface area contributed by atoms with Crippen LogP contribution in [-0.2, 0) is 4.74 Å². The molecule has 0 radical (unpaired) electrons. The van der Waals surface area contributed by atoms with Gasteiger partial charge in [-0.3, -0.25) is 4.98 Å². The Kier molecular flexibility index (Phi) is 3.75. The molecule has 0 amide bonds. The second-order valence-corrected chi connectivity index (χ2v) is 3.15. The van der Waals surface area contributed by atoms with E-state index in [0.717, 1.165) is 0 Å². The topological polar surface area (TPSA) is 61.6 Å². The minimum atomic E-state index is -0.496. The van der Waals surface area contributed by atoms with Crippen molar-refractivity contribution in [2.24, 2.45) is 0 Å². The third-order valence-electron chi connectivity index (χ3n) is 1.94. The van der Waals surface area contributed by atoms with E-state index >= 15 is 0 Å². The lowest BCUT2D eigenvalue weighted by Crippen LogP contribution is -2.11. The van der Waals surface area contributed by atoms with Gasteiger partial charge in [-0.15, -0.1) is 0 Å². The number of hydrogen-bond acceptors (Lipinski definition) is 5. The summed E-state index contributed by atoms with van der Waals surface area (Å²) in [4.78, 5) is 15.2. The van der Waals surface area contributed by atoms with Crippen molar-refractivity contribution in [3.63, 3.8) is 0 Å². The predicted molar refractivity (Wildman–Crippen MR) is 58.7 cm³/mol. The normalized spacial score (nSPS) is 9.88. The summed E-state index contributed by atoms with van der Waals surface area (Å²) in [6, 6.07) is 6.72. The summed E-state index contributed by atoms with van der Waals surface area (Å²) in [5.41, 5.74) is 0. The lowest BCUT2D eigenvalue weighted by molar-refractivity contribution is 0.0415. The molecule has 2 heterocycles. The van der Waals surface area contributed by atoms with Crippen LogP contribution in [0.2, 0.25) is 0 Å². The van der Waals surface area contributed by atoms with Crippen molar-refractivity contribution in [3.05, 3.63) is 48.7 Å². The minimum Gasteiger partial charge on any atom is -0.488 e. The third kappa shape index (κ3) is 3.34. The van der Waals surface area contributed by atoms with Crippen LogP contribution in [0.4, 0.5) is 0 Å². The maximum absolute atomic E-state index is 11.3. The SMILES string of the molecule is O=C(OCCOc1cccnc1)c1ccco1. The van der Waals surface area contributed by atoms with Gasteiger partial charge in [0.15, 0.2) is 0 Å². The van der Waals surface area contributed by atoms with Gasteiger partial charge in [0.1, 0.15) is 19.0 Å². The average Bonchev–Trinajstić information content (AvgIpc) is 2.89. The van der Waals surface area contributed by atoms with Gasteiger partial charge in [-0.1, -0.05) is 0 Å². The Bertz CT molecular complexity index is 453. The number of aromatic nitrogens is 1. The average molecular weight is 233 g/mol. The molecule has 0 aliphatic heterocycles. The van der Waals surface area contributed by atoms with E-state index in [9.17, 15) is 4.79 Å². The van der Waals surface area contributed by atoms with Gasteiger partial charge in [0.25, 0.3) is 0 Å². The zero-order valence-corrected chi connectivity index (χ0v) is 9.04. The lowest BCUT2D eigenvalue weighted by atomic mass is 10.4. The number of nitrogens with zero attached hydrogens (tertiary/aromatic N) is 1. The first-order chi connectivity index (χ1) is 8.36. The van der Waals surface area contributed by atoms with E-state index in [0.29, 0.717) is 5.75 Å². The summed E-state index contributed by atoms with van der Waals surface area (Å²) in [6.07, 6.45) is 4.67. The Morgan fingerprint density at radius 2 is 2.24 bits per heavy atom. The van der Waals surface area contributed by atoms with Crippen LogP contribution in [0, 0.1) is 0 Å². The Morgan fingerprint density at radius 3 is 2.94 bits per heavy atom. The van der Waals surface area contributed by atoms with Crippen molar-refractivity contribution in [2.75, 3.05) is 13.2 Å². The van der Waals surface area contributed by atoms with Crippen LogP contribution in [0.15, 0.2) is 47.3 Å². The zero-order valence-electron chi connectivity index (χ0n) is 9.04. The molecule has 0 spiro atoms. The van der Waals surface area contributed by atoms with Crippen molar-refractivity contribution >= 4 is 5.97 Å². The fourth-order valence-electron chi connectivity index (χ4n) is 1.19. The van der Waals surface area contributed by atoms with E-state index in [1.54, 1.807) is 36.7 Å². The highest BCUT2D eigenvalue weighted by molar-refractivity contribution is 5.86. The summed E-state index contributed by atoms with van der Waals surface area (Å²) in [5.74, 6) is 0.331. The highest BCUT2D eigenvalue weighted by Crippen LogP contribution is 2.06. The first kappa shape index (κ1) is 11.2. The number of carbonyl (C=O) groups excluding carboxylic acids is 1. The molecule has 2 aromatic rings. The van der Waals surface area contributed by atoms with E-state index in [1.807, 2.05) is 0 Å². The molecule has 2 rings (SSSR count). The number of esters is 1. The number of furan rings is 1. The molecule has 0 aromatic carbocycles. The van der Waals surface area contributed by atoms with E-state index in [1.165, 1.54) is 6.26 Å². The molecule has 2 aromatic heterocycles. The molecular weight excluding hydrogens is 222 g/mol. The standard InChI is InChI=1S/C12H11NO4/c14-12(11-4-2-6-16-11)17-8-7-15-10-3-1-5-13-9-10/h1-6,9H,7-8H2. The number of ether oxygens (including phenoxy) is 2. The van der Waals surface area contributed by atoms with Crippen molar-refractivity contribution in [3.8, 4) is 5.75 Å². The highest BCUT2D eigenvalue weighted by atomic mass is 16.6. The van der Waals surface area contributed by atoms with E-state index in [4.69, 9.17) is 13.9 Å². The van der Waals surface area contributed by atoms with Gasteiger partial charge in [-0.05, 0) is 24.3 Å². The second kappa shape index (κ2) is 5.69. The van der Waals surface area contributed by atoms with Crippen LogP contribution >= 0.6 is 0 Å². The van der Waals surface area contributed by atoms with Gasteiger partial charge >= 0.3 is 5.97 Å². The summed E-state index contributed by atoms with van der Waals surface area (Å²) < 4.78 is 15.1. The molecule has 88 valence electrons. The largest absolute Gasteiger partial charge is 0.488 e. The van der Waals surface area contributed by atoms with E-state index < -0.39 is 5.97 Å². The Balaban J connectivity index is 1.69. The quantitative estimate of drug-likeness (QED) is 0.583. The fourth-order valence-corrected chi connectivity index (χ4v) is 1.19. The summed E-state index contributed by atoms with van der Waals surface area (Å²) in [7, 11) is 0. The molecule has 0 aliphatic rings. The zero-order chi connectivity index (χ0) is 11.9. The van der Waals surface area contributed by atoms with Gasteiger partial charge in [0.05, 0.1) is 12.5 Å². The molecule has 17 heavy (non-hydrogen) atoms. The molecule has 5 nitrogen and oxygen atoms in total. The molecule has 5 heteroatoms. The molecule has 0 aliphatic carbocycles. The number of carbonyl (C=O) groups is 1. The van der Waals surface area contributed by atoms with Crippen LogP contribution in [-0.4, -0.2) is 24.2 Å². The molecule has 0 saturated heterocycles. The van der Waals surface area contributed by atoms with Crippen molar-refractivity contribution in [1.82, 2.24) is 4.98 Å². The fraction of sp³-hybridized carbons (Fsp3) is 0.167. The lowest BCUT2D eigenvalue weighted by Gasteiger charge is -2.05. The number of rotatable bonds is 5. The maximum atomic E-state index is 11.3. The first-order valence-electron chi connectivity index (χ1n) is 5.10. The van der Waals surface area contributed by atoms with Crippen LogP contribution in [0.5, 0.6) is 5.75 Å². The van der Waals surface area contributed by atoms with Crippen LogP contribution in [0.3, 0.4) is 0 Å². The maximum Gasteiger partial charge on any atom is 0.374 e. The van der Waals surface area contributed by atoms with Gasteiger partial charge < -0.3 is 13.9 Å². The van der Waals surface area contributed by atoms with Crippen LogP contribution < -0.4 is 4.74 Å². The van der Waals surface area contributed by atoms with Crippen molar-refractivity contribution < 1.29 is 18.7 Å². The molecule has 0 atom stereocenters. The van der Waals surface area contributed by atoms with E-state index in [-0.39, 0.29) is 19.0 Å². The predicted octanol–water partition coefficient (Wildman–Crippen LogP) is 1.91. The number of hydrogen-bond donors (Lipinski definition) is 0. The van der Waals surface area contributed by atoms with Crippen molar-refractivity contribution in [1.29, 1.82) is 0 Å². The Labute approximate surface area is 98.0 Å². The monoisotopic (exact) mass is 233 g/mol. The van der Waals surface area contributed by atoms with Gasteiger partial charge in [-0.2, -0.15) is 0 Å². The third-order valence-corrected chi connectivity index (χ3v) is 1.94. The summed E-state index contributed by atoms with van der Waals surface area (Å²) >= 11 is 0. The van der Waals surface area contributed by atoms with Gasteiger partial charge in [0.2, 0.25) is 5.76 Å². The molecule has 0 unspecified atom stereocenters. The van der Waals surface area contributed by atoms with Crippen molar-refractivity contribution in [2.45, 2.75) is 0 Å². The smallest absolute Gasteiger partial charge is 0.374 e. The molecule has 0 saturated carbocycles. The van der Waals surface area contributed by atoms with Gasteiger partial charge in [0, 0.05) is 6.20 Å². The first-order valence-corrected chi connectivity index (χ1v) is 5.10. The molecule has 0 bridgehead atoms. The van der Waals surface area contributed by atoms with Crippen LogP contribution in [0.25, 0.3) is 0 Å². The molecule has 0 fully saturated rings. The number of pyridine rings is 1. The van der Waals surface area contributed by atoms with Crippen LogP contribution in [0.1, 0.15) is 10.6 Å². The summed E-state index contributed by atoms with van der Waals surface area (Å²) in [5, 5.41) is 0. The summed E-state index contributed by atoms with van der Waals surface area (Å²) in [6.45, 7) is 0.437. The molecular formula is C12H11NO4. The Hall–Kier alpha value is -2.30. The van der Waals surface area contributed by atoms with Gasteiger partial charge in [-0.25, -0.2) is 4.79 Å².